The van der Waals surface area contributed by atoms with Crippen LogP contribution < -0.4 is 5.32 Å². The molecule has 98 valence electrons. The van der Waals surface area contributed by atoms with E-state index in [2.05, 4.69) is 31.2 Å². The van der Waals surface area contributed by atoms with Crippen LogP contribution in [0.3, 0.4) is 0 Å². The molecule has 0 unspecified atom stereocenters. The summed E-state index contributed by atoms with van der Waals surface area (Å²) in [6.07, 6.45) is 3.51. The van der Waals surface area contributed by atoms with Gasteiger partial charge >= 0.3 is 0 Å². The Bertz CT molecular complexity index is 596. The quantitative estimate of drug-likeness (QED) is 0.940. The molecule has 2 rings (SSSR count). The second-order valence-corrected chi connectivity index (χ2v) is 5.23. The summed E-state index contributed by atoms with van der Waals surface area (Å²) in [5, 5.41) is 2.87. The molecule has 4 nitrogen and oxygen atoms in total. The molecule has 0 saturated carbocycles. The van der Waals surface area contributed by atoms with Gasteiger partial charge in [-0.15, -0.1) is 0 Å². The molecule has 0 bridgehead atoms. The first-order valence-electron chi connectivity index (χ1n) is 5.88. The number of nitrogens with one attached hydrogen (secondary N) is 1. The number of aromatic nitrogens is 2. The van der Waals surface area contributed by atoms with E-state index in [1.165, 1.54) is 6.92 Å². The van der Waals surface area contributed by atoms with Gasteiger partial charge in [-0.25, -0.2) is 9.97 Å². The molecule has 1 aromatic heterocycles. The van der Waals surface area contributed by atoms with E-state index in [4.69, 9.17) is 0 Å². The number of halogens is 1. The summed E-state index contributed by atoms with van der Waals surface area (Å²) in [5.41, 5.74) is 3.20. The van der Waals surface area contributed by atoms with E-state index in [0.29, 0.717) is 5.95 Å². The van der Waals surface area contributed by atoms with E-state index in [-0.39, 0.29) is 12.3 Å². The van der Waals surface area contributed by atoms with E-state index in [1.54, 1.807) is 12.4 Å². The first-order valence-corrected chi connectivity index (χ1v) is 6.67. The third-order valence-corrected chi connectivity index (χ3v) is 3.15. The van der Waals surface area contributed by atoms with Gasteiger partial charge in [0.1, 0.15) is 5.78 Å². The molecule has 1 heterocycles. The average molecular weight is 320 g/mol. The summed E-state index contributed by atoms with van der Waals surface area (Å²) < 4.78 is 1.02. The molecule has 0 aliphatic carbocycles. The van der Waals surface area contributed by atoms with Gasteiger partial charge in [0.05, 0.1) is 6.54 Å². The van der Waals surface area contributed by atoms with Crippen molar-refractivity contribution in [3.8, 4) is 11.1 Å². The molecule has 1 N–H and O–H groups in total. The molecule has 0 fully saturated rings. The van der Waals surface area contributed by atoms with Crippen LogP contribution in [0.15, 0.2) is 35.1 Å². The molecule has 0 saturated heterocycles. The topological polar surface area (TPSA) is 54.9 Å². The van der Waals surface area contributed by atoms with Crippen LogP contribution in [0.4, 0.5) is 5.95 Å². The number of anilines is 1. The van der Waals surface area contributed by atoms with E-state index in [0.717, 1.165) is 21.2 Å². The predicted molar refractivity (Wildman–Crippen MR) is 79.1 cm³/mol. The fourth-order valence-corrected chi connectivity index (χ4v) is 2.03. The summed E-state index contributed by atoms with van der Waals surface area (Å²) in [7, 11) is 0. The molecule has 2 aromatic rings. The van der Waals surface area contributed by atoms with Crippen LogP contribution in [0, 0.1) is 6.92 Å². The lowest BCUT2D eigenvalue weighted by Crippen LogP contribution is -2.11. The number of nitrogens with zero attached hydrogens (tertiary/aromatic N) is 2. The number of rotatable bonds is 4. The van der Waals surface area contributed by atoms with Crippen LogP contribution in [-0.2, 0) is 4.79 Å². The van der Waals surface area contributed by atoms with Crippen molar-refractivity contribution in [1.82, 2.24) is 9.97 Å². The second kappa shape index (κ2) is 5.93. The van der Waals surface area contributed by atoms with Gasteiger partial charge in [-0.05, 0) is 37.1 Å². The zero-order valence-corrected chi connectivity index (χ0v) is 12.4. The minimum atomic E-state index is 0.0514. The maximum Gasteiger partial charge on any atom is 0.222 e. The van der Waals surface area contributed by atoms with Crippen LogP contribution in [0.5, 0.6) is 0 Å². The van der Waals surface area contributed by atoms with Crippen molar-refractivity contribution in [2.75, 3.05) is 11.9 Å². The Hall–Kier alpha value is -1.75. The van der Waals surface area contributed by atoms with E-state index in [9.17, 15) is 4.79 Å². The molecule has 5 heteroatoms. The third kappa shape index (κ3) is 3.61. The number of aryl methyl sites for hydroxylation is 1. The number of carbonyl (C=O) groups excluding carboxylic acids is 1. The Morgan fingerprint density at radius 2 is 2.00 bits per heavy atom. The standard InChI is InChI=1S/C14H14BrN3O/c1-9-3-4-12(15)5-13(9)11-7-17-14(18-8-11)16-6-10(2)19/h3-5,7-8H,6H2,1-2H3,(H,16,17,18). The molecular weight excluding hydrogens is 306 g/mol. The molecule has 19 heavy (non-hydrogen) atoms. The van der Waals surface area contributed by atoms with Crippen LogP contribution >= 0.6 is 15.9 Å². The predicted octanol–water partition coefficient (Wildman–Crippen LogP) is 3.22. The van der Waals surface area contributed by atoms with Gasteiger partial charge in [0.25, 0.3) is 0 Å². The molecule has 0 spiro atoms. The number of benzene rings is 1. The first kappa shape index (κ1) is 13.7. The van der Waals surface area contributed by atoms with Gasteiger partial charge in [0.2, 0.25) is 5.95 Å². The lowest BCUT2D eigenvalue weighted by molar-refractivity contribution is -0.115. The highest BCUT2D eigenvalue weighted by Gasteiger charge is 2.05. The number of Topliss-reactive ketones (excluding diaryl/α,β-unsaturated/α-hetero) is 1. The summed E-state index contributed by atoms with van der Waals surface area (Å²) in [6, 6.07) is 6.08. The minimum Gasteiger partial charge on any atom is -0.347 e. The summed E-state index contributed by atoms with van der Waals surface area (Å²) >= 11 is 3.46. The smallest absolute Gasteiger partial charge is 0.222 e. The van der Waals surface area contributed by atoms with E-state index in [1.807, 2.05) is 25.1 Å². The van der Waals surface area contributed by atoms with Crippen molar-refractivity contribution in [3.05, 3.63) is 40.6 Å². The lowest BCUT2D eigenvalue weighted by Gasteiger charge is -2.07. The van der Waals surface area contributed by atoms with Gasteiger partial charge in [-0.1, -0.05) is 22.0 Å². The largest absolute Gasteiger partial charge is 0.347 e. The van der Waals surface area contributed by atoms with Gasteiger partial charge in [0.15, 0.2) is 0 Å². The lowest BCUT2D eigenvalue weighted by atomic mass is 10.0. The highest BCUT2D eigenvalue weighted by atomic mass is 79.9. The second-order valence-electron chi connectivity index (χ2n) is 4.31. The molecule has 1 aromatic carbocycles. The summed E-state index contributed by atoms with van der Waals surface area (Å²) in [4.78, 5) is 19.3. The van der Waals surface area contributed by atoms with Crippen LogP contribution in [0.2, 0.25) is 0 Å². The molecule has 0 radical (unpaired) electrons. The van der Waals surface area contributed by atoms with Gasteiger partial charge in [-0.3, -0.25) is 4.79 Å². The van der Waals surface area contributed by atoms with Gasteiger partial charge in [0, 0.05) is 22.4 Å². The fourth-order valence-electron chi connectivity index (χ4n) is 1.67. The van der Waals surface area contributed by atoms with Crippen molar-refractivity contribution in [2.24, 2.45) is 0 Å². The number of ketones is 1. The average Bonchev–Trinajstić information content (AvgIpc) is 2.40. The Morgan fingerprint density at radius 3 is 2.63 bits per heavy atom. The van der Waals surface area contributed by atoms with Gasteiger partial charge < -0.3 is 5.32 Å². The zero-order valence-electron chi connectivity index (χ0n) is 10.8. The number of hydrogen-bond donors (Lipinski definition) is 1. The fraction of sp³-hybridized carbons (Fsp3) is 0.214. The normalized spacial score (nSPS) is 10.3. The Labute approximate surface area is 120 Å². The Morgan fingerprint density at radius 1 is 1.32 bits per heavy atom. The van der Waals surface area contributed by atoms with Crippen molar-refractivity contribution in [1.29, 1.82) is 0 Å². The Kier molecular flexibility index (Phi) is 4.27. The van der Waals surface area contributed by atoms with Crippen LogP contribution in [0.25, 0.3) is 11.1 Å². The van der Waals surface area contributed by atoms with Crippen LogP contribution in [-0.4, -0.2) is 22.3 Å². The number of carbonyl (C=O) groups is 1. The maximum absolute atomic E-state index is 10.9. The van der Waals surface area contributed by atoms with Crippen molar-refractivity contribution >= 4 is 27.7 Å². The molecule has 0 atom stereocenters. The highest BCUT2D eigenvalue weighted by molar-refractivity contribution is 9.10. The van der Waals surface area contributed by atoms with Crippen molar-refractivity contribution in [2.45, 2.75) is 13.8 Å². The zero-order chi connectivity index (χ0) is 13.8. The van der Waals surface area contributed by atoms with Crippen molar-refractivity contribution in [3.63, 3.8) is 0 Å². The minimum absolute atomic E-state index is 0.0514. The first-order chi connectivity index (χ1) is 9.06. The monoisotopic (exact) mass is 319 g/mol. The molecule has 0 amide bonds. The molecule has 0 aliphatic heterocycles. The number of hydrogen-bond acceptors (Lipinski definition) is 4. The third-order valence-electron chi connectivity index (χ3n) is 2.66. The molecular formula is C14H14BrN3O. The van der Waals surface area contributed by atoms with Gasteiger partial charge in [-0.2, -0.15) is 0 Å². The van der Waals surface area contributed by atoms with E-state index >= 15 is 0 Å². The summed E-state index contributed by atoms with van der Waals surface area (Å²) in [6.45, 7) is 3.81. The van der Waals surface area contributed by atoms with Crippen LogP contribution in [0.1, 0.15) is 12.5 Å². The van der Waals surface area contributed by atoms with E-state index < -0.39 is 0 Å². The molecule has 0 aliphatic rings. The summed E-state index contributed by atoms with van der Waals surface area (Å²) in [5.74, 6) is 0.516. The van der Waals surface area contributed by atoms with Crippen molar-refractivity contribution < 1.29 is 4.79 Å². The maximum atomic E-state index is 10.9. The highest BCUT2D eigenvalue weighted by Crippen LogP contribution is 2.25. The SMILES string of the molecule is CC(=O)CNc1ncc(-c2cc(Br)ccc2C)cn1. The Balaban J connectivity index is 2.22.